The normalized spacial score (nSPS) is 12.4. The summed E-state index contributed by atoms with van der Waals surface area (Å²) >= 11 is 0. The van der Waals surface area contributed by atoms with Gasteiger partial charge in [0, 0.05) is 28.7 Å². The first-order chi connectivity index (χ1) is 8.56. The van der Waals surface area contributed by atoms with Crippen LogP contribution in [0.4, 0.5) is 13.2 Å². The van der Waals surface area contributed by atoms with Gasteiger partial charge in [0.2, 0.25) is 0 Å². The van der Waals surface area contributed by atoms with Crippen molar-refractivity contribution < 1.29 is 13.2 Å². The molecule has 5 heteroatoms. The Kier molecular flexibility index (Phi) is 2.29. The SMILES string of the molecule is FC(F)(F)Cn1c2ccccc2c2cnccc21. The molecule has 0 saturated heterocycles. The van der Waals surface area contributed by atoms with Crippen molar-refractivity contribution in [2.24, 2.45) is 0 Å². The highest BCUT2D eigenvalue weighted by Gasteiger charge is 2.29. The van der Waals surface area contributed by atoms with Gasteiger partial charge >= 0.3 is 6.18 Å². The largest absolute Gasteiger partial charge is 0.406 e. The fraction of sp³-hybridized carbons (Fsp3) is 0.154. The maximum absolute atomic E-state index is 12.6. The van der Waals surface area contributed by atoms with Gasteiger partial charge in [-0.2, -0.15) is 13.2 Å². The highest BCUT2D eigenvalue weighted by atomic mass is 19.4. The number of fused-ring (bicyclic) bond motifs is 3. The first-order valence-corrected chi connectivity index (χ1v) is 5.44. The molecule has 0 amide bonds. The van der Waals surface area contributed by atoms with E-state index in [0.717, 1.165) is 10.8 Å². The van der Waals surface area contributed by atoms with Crippen LogP contribution in [0.25, 0.3) is 21.8 Å². The predicted molar refractivity (Wildman–Crippen MR) is 63.3 cm³/mol. The van der Waals surface area contributed by atoms with Gasteiger partial charge in [0.05, 0.1) is 5.52 Å². The maximum Gasteiger partial charge on any atom is 0.406 e. The molecule has 3 aromatic rings. The zero-order valence-electron chi connectivity index (χ0n) is 9.28. The Morgan fingerprint density at radius 1 is 1.00 bits per heavy atom. The van der Waals surface area contributed by atoms with Gasteiger partial charge in [-0.25, -0.2) is 0 Å². The Morgan fingerprint density at radius 2 is 1.72 bits per heavy atom. The first kappa shape index (κ1) is 11.1. The van der Waals surface area contributed by atoms with E-state index in [-0.39, 0.29) is 0 Å². The van der Waals surface area contributed by atoms with Crippen molar-refractivity contribution in [3.8, 4) is 0 Å². The van der Waals surface area contributed by atoms with E-state index in [0.29, 0.717) is 11.0 Å². The van der Waals surface area contributed by atoms with Gasteiger partial charge < -0.3 is 4.57 Å². The van der Waals surface area contributed by atoms with Gasteiger partial charge in [-0.05, 0) is 12.1 Å². The molecule has 92 valence electrons. The summed E-state index contributed by atoms with van der Waals surface area (Å²) in [6.07, 6.45) is -1.13. The molecule has 0 unspecified atom stereocenters. The summed E-state index contributed by atoms with van der Waals surface area (Å²) in [7, 11) is 0. The number of hydrogen-bond donors (Lipinski definition) is 0. The monoisotopic (exact) mass is 250 g/mol. The second-order valence-electron chi connectivity index (χ2n) is 4.11. The predicted octanol–water partition coefficient (Wildman–Crippen LogP) is 3.75. The van der Waals surface area contributed by atoms with E-state index < -0.39 is 12.7 Å². The van der Waals surface area contributed by atoms with Crippen LogP contribution in [0.3, 0.4) is 0 Å². The molecule has 0 aliphatic rings. The van der Waals surface area contributed by atoms with Crippen LogP contribution in [0.1, 0.15) is 0 Å². The molecule has 3 rings (SSSR count). The quantitative estimate of drug-likeness (QED) is 0.643. The van der Waals surface area contributed by atoms with E-state index in [1.165, 1.54) is 10.8 Å². The molecule has 0 bridgehead atoms. The fourth-order valence-corrected chi connectivity index (χ4v) is 2.25. The van der Waals surface area contributed by atoms with Gasteiger partial charge in [0.15, 0.2) is 0 Å². The van der Waals surface area contributed by atoms with Crippen molar-refractivity contribution in [3.63, 3.8) is 0 Å². The second kappa shape index (κ2) is 3.73. The minimum atomic E-state index is -4.24. The molecule has 0 radical (unpaired) electrons. The van der Waals surface area contributed by atoms with Crippen molar-refractivity contribution in [1.29, 1.82) is 0 Å². The van der Waals surface area contributed by atoms with E-state index in [9.17, 15) is 13.2 Å². The molecular weight excluding hydrogens is 241 g/mol. The molecule has 0 N–H and O–H groups in total. The molecule has 0 fully saturated rings. The second-order valence-corrected chi connectivity index (χ2v) is 4.11. The lowest BCUT2D eigenvalue weighted by Gasteiger charge is -2.10. The molecule has 18 heavy (non-hydrogen) atoms. The van der Waals surface area contributed by atoms with Crippen LogP contribution in [-0.2, 0) is 6.54 Å². The number of alkyl halides is 3. The average Bonchev–Trinajstić information content (AvgIpc) is 2.64. The van der Waals surface area contributed by atoms with E-state index in [2.05, 4.69) is 4.98 Å². The summed E-state index contributed by atoms with van der Waals surface area (Å²) in [5, 5.41) is 1.54. The third-order valence-electron chi connectivity index (χ3n) is 2.91. The molecule has 2 aromatic heterocycles. The highest BCUT2D eigenvalue weighted by Crippen LogP contribution is 2.30. The lowest BCUT2D eigenvalue weighted by molar-refractivity contribution is -0.139. The van der Waals surface area contributed by atoms with Crippen molar-refractivity contribution in [3.05, 3.63) is 42.7 Å². The number of rotatable bonds is 1. The summed E-state index contributed by atoms with van der Waals surface area (Å²) < 4.78 is 39.2. The fourth-order valence-electron chi connectivity index (χ4n) is 2.25. The molecule has 0 atom stereocenters. The molecule has 0 spiro atoms. The van der Waals surface area contributed by atoms with Crippen molar-refractivity contribution in [2.75, 3.05) is 0 Å². The Balaban J connectivity index is 2.38. The number of benzene rings is 1. The molecule has 0 aliphatic heterocycles. The number of nitrogens with zero attached hydrogens (tertiary/aromatic N) is 2. The lowest BCUT2D eigenvalue weighted by atomic mass is 10.2. The van der Waals surface area contributed by atoms with Crippen LogP contribution in [0.5, 0.6) is 0 Å². The Labute approximate surface area is 101 Å². The van der Waals surface area contributed by atoms with Crippen LogP contribution in [-0.4, -0.2) is 15.7 Å². The first-order valence-electron chi connectivity index (χ1n) is 5.44. The number of aromatic nitrogens is 2. The van der Waals surface area contributed by atoms with Crippen LogP contribution in [0, 0.1) is 0 Å². The highest BCUT2D eigenvalue weighted by molar-refractivity contribution is 6.07. The van der Waals surface area contributed by atoms with Gasteiger partial charge in [-0.1, -0.05) is 18.2 Å². The molecule has 2 heterocycles. The van der Waals surface area contributed by atoms with Crippen LogP contribution in [0.15, 0.2) is 42.7 Å². The molecular formula is C13H9F3N2. The zero-order valence-corrected chi connectivity index (χ0v) is 9.28. The maximum atomic E-state index is 12.6. The number of pyridine rings is 1. The van der Waals surface area contributed by atoms with Crippen LogP contribution in [0.2, 0.25) is 0 Å². The Hall–Kier alpha value is -2.04. The molecule has 0 aliphatic carbocycles. The molecule has 2 nitrogen and oxygen atoms in total. The van der Waals surface area contributed by atoms with Crippen LogP contribution >= 0.6 is 0 Å². The Bertz CT molecular complexity index is 660. The minimum absolute atomic E-state index is 0.559. The summed E-state index contributed by atoms with van der Waals surface area (Å²) in [5.74, 6) is 0. The topological polar surface area (TPSA) is 17.8 Å². The number of para-hydroxylation sites is 1. The van der Waals surface area contributed by atoms with E-state index >= 15 is 0 Å². The zero-order chi connectivity index (χ0) is 12.8. The van der Waals surface area contributed by atoms with Crippen molar-refractivity contribution in [2.45, 2.75) is 12.7 Å². The van der Waals surface area contributed by atoms with Crippen molar-refractivity contribution in [1.82, 2.24) is 9.55 Å². The smallest absolute Gasteiger partial charge is 0.331 e. The van der Waals surface area contributed by atoms with Crippen LogP contribution < -0.4 is 0 Å². The average molecular weight is 250 g/mol. The standard InChI is InChI=1S/C13H9F3N2/c14-13(15,16)8-18-11-4-2-1-3-9(11)10-7-17-6-5-12(10)18/h1-7H,8H2. The summed E-state index contributed by atoms with van der Waals surface area (Å²) in [4.78, 5) is 3.98. The van der Waals surface area contributed by atoms with E-state index in [1.54, 1.807) is 24.4 Å². The summed E-state index contributed by atoms with van der Waals surface area (Å²) in [6.45, 7) is -0.985. The summed E-state index contributed by atoms with van der Waals surface area (Å²) in [5.41, 5.74) is 1.14. The van der Waals surface area contributed by atoms with Gasteiger partial charge in [-0.15, -0.1) is 0 Å². The van der Waals surface area contributed by atoms with E-state index in [4.69, 9.17) is 0 Å². The van der Waals surface area contributed by atoms with Gasteiger partial charge in [-0.3, -0.25) is 4.98 Å². The minimum Gasteiger partial charge on any atom is -0.331 e. The van der Waals surface area contributed by atoms with Gasteiger partial charge in [0.1, 0.15) is 6.54 Å². The molecule has 1 aromatic carbocycles. The third-order valence-corrected chi connectivity index (χ3v) is 2.91. The lowest BCUT2D eigenvalue weighted by Crippen LogP contribution is -2.17. The van der Waals surface area contributed by atoms with Crippen molar-refractivity contribution >= 4 is 21.8 Å². The van der Waals surface area contributed by atoms with Gasteiger partial charge in [0.25, 0.3) is 0 Å². The third kappa shape index (κ3) is 1.72. The van der Waals surface area contributed by atoms with E-state index in [1.807, 2.05) is 12.1 Å². The summed E-state index contributed by atoms with van der Waals surface area (Å²) in [6, 6.07) is 8.67. The Morgan fingerprint density at radius 3 is 2.50 bits per heavy atom. The molecule has 0 saturated carbocycles. The number of halogens is 3. The number of hydrogen-bond acceptors (Lipinski definition) is 1.